The summed E-state index contributed by atoms with van der Waals surface area (Å²) in [6.07, 6.45) is 3.71. The third-order valence-corrected chi connectivity index (χ3v) is 3.44. The van der Waals surface area contributed by atoms with E-state index in [1.807, 2.05) is 37.5 Å². The molecular weight excluding hydrogens is 327 g/mol. The van der Waals surface area contributed by atoms with Crippen LogP contribution in [-0.4, -0.2) is 9.78 Å². The number of benzene rings is 1. The van der Waals surface area contributed by atoms with Gasteiger partial charge < -0.3 is 4.74 Å². The Labute approximate surface area is 114 Å². The van der Waals surface area contributed by atoms with Gasteiger partial charge >= 0.3 is 0 Å². The lowest BCUT2D eigenvalue weighted by molar-refractivity contribution is 0.290. The molecule has 0 aliphatic carbocycles. The highest BCUT2D eigenvalue weighted by Gasteiger charge is 2.06. The second-order valence-electron chi connectivity index (χ2n) is 3.63. The van der Waals surface area contributed by atoms with Crippen molar-refractivity contribution in [3.63, 3.8) is 0 Å². The summed E-state index contributed by atoms with van der Waals surface area (Å²) in [6.45, 7) is 4.32. The molecule has 0 saturated heterocycles. The predicted molar refractivity (Wildman–Crippen MR) is 76.8 cm³/mol. The van der Waals surface area contributed by atoms with E-state index in [1.54, 1.807) is 4.68 Å². The number of ether oxygens (including phenoxy) is 1. The zero-order valence-corrected chi connectivity index (χ0v) is 11.7. The Hall–Kier alpha value is -1.30. The van der Waals surface area contributed by atoms with Crippen LogP contribution < -0.4 is 4.74 Å². The summed E-state index contributed by atoms with van der Waals surface area (Å²) in [5.41, 5.74) is 2.25. The van der Waals surface area contributed by atoms with Crippen LogP contribution in [0.25, 0.3) is 6.08 Å². The molecule has 4 heteroatoms. The molecule has 2 aromatic rings. The van der Waals surface area contributed by atoms with Gasteiger partial charge in [-0.3, -0.25) is 4.68 Å². The summed E-state index contributed by atoms with van der Waals surface area (Å²) in [5.74, 6) is 0.641. The van der Waals surface area contributed by atoms with E-state index >= 15 is 0 Å². The smallest absolute Gasteiger partial charge is 0.233 e. The van der Waals surface area contributed by atoms with Crippen molar-refractivity contribution >= 4 is 28.7 Å². The summed E-state index contributed by atoms with van der Waals surface area (Å²) in [6, 6.07) is 7.96. The summed E-state index contributed by atoms with van der Waals surface area (Å²) in [4.78, 5) is 0. The van der Waals surface area contributed by atoms with Gasteiger partial charge in [-0.05, 0) is 34.2 Å². The zero-order chi connectivity index (χ0) is 12.3. The van der Waals surface area contributed by atoms with Gasteiger partial charge in [-0.25, -0.2) is 0 Å². The highest BCUT2D eigenvalue weighted by Crippen LogP contribution is 2.20. The maximum atomic E-state index is 5.65. The van der Waals surface area contributed by atoms with Crippen LogP contribution in [-0.2, 0) is 13.7 Å². The van der Waals surface area contributed by atoms with Crippen LogP contribution in [0.15, 0.2) is 37.0 Å². The van der Waals surface area contributed by atoms with Gasteiger partial charge in [0.2, 0.25) is 5.88 Å². The quantitative estimate of drug-likeness (QED) is 0.799. The molecule has 0 radical (unpaired) electrons. The van der Waals surface area contributed by atoms with Crippen molar-refractivity contribution in [3.8, 4) is 5.88 Å². The van der Waals surface area contributed by atoms with Gasteiger partial charge in [0, 0.05) is 28.4 Å². The van der Waals surface area contributed by atoms with E-state index < -0.39 is 0 Å². The van der Waals surface area contributed by atoms with Crippen molar-refractivity contribution in [2.24, 2.45) is 7.05 Å². The average molecular weight is 340 g/mol. The van der Waals surface area contributed by atoms with Crippen LogP contribution in [0.5, 0.6) is 5.88 Å². The summed E-state index contributed by atoms with van der Waals surface area (Å²) < 4.78 is 8.55. The van der Waals surface area contributed by atoms with Gasteiger partial charge in [-0.1, -0.05) is 24.8 Å². The van der Waals surface area contributed by atoms with Crippen molar-refractivity contribution in [3.05, 3.63) is 51.7 Å². The number of aromatic nitrogens is 2. The molecule has 88 valence electrons. The van der Waals surface area contributed by atoms with E-state index in [0.717, 1.165) is 11.1 Å². The number of hydrogen-bond acceptors (Lipinski definition) is 2. The van der Waals surface area contributed by atoms with Gasteiger partial charge in [-0.2, -0.15) is 0 Å². The number of aryl methyl sites for hydroxylation is 1. The molecule has 1 aromatic carbocycles. The molecular formula is C13H13IN2O. The minimum Gasteiger partial charge on any atom is -0.472 e. The molecule has 0 N–H and O–H groups in total. The molecule has 0 bridgehead atoms. The van der Waals surface area contributed by atoms with Crippen molar-refractivity contribution in [2.45, 2.75) is 6.61 Å². The van der Waals surface area contributed by atoms with Crippen molar-refractivity contribution in [1.29, 1.82) is 0 Å². The average Bonchev–Trinajstić information content (AvgIpc) is 2.73. The molecule has 3 nitrogen and oxygen atoms in total. The van der Waals surface area contributed by atoms with Crippen molar-refractivity contribution in [2.75, 3.05) is 0 Å². The van der Waals surface area contributed by atoms with Crippen LogP contribution in [0.4, 0.5) is 0 Å². The molecule has 1 heterocycles. The largest absolute Gasteiger partial charge is 0.472 e. The zero-order valence-electron chi connectivity index (χ0n) is 9.56. The molecule has 1 aromatic heterocycles. The molecule has 0 aliphatic rings. The standard InChI is InChI=1S/C13H13IN2O/c1-3-10-5-4-6-12(14)11(10)9-17-13-7-8-16(2)15-13/h3-8H,1,9H2,2H3. The Morgan fingerprint density at radius 1 is 1.47 bits per heavy atom. The molecule has 0 spiro atoms. The van der Waals surface area contributed by atoms with Gasteiger partial charge in [-0.15, -0.1) is 5.10 Å². The topological polar surface area (TPSA) is 27.1 Å². The lowest BCUT2D eigenvalue weighted by atomic mass is 10.1. The lowest BCUT2D eigenvalue weighted by Crippen LogP contribution is -2.01. The van der Waals surface area contributed by atoms with Gasteiger partial charge in [0.25, 0.3) is 0 Å². The van der Waals surface area contributed by atoms with E-state index in [1.165, 1.54) is 3.57 Å². The van der Waals surface area contributed by atoms with Gasteiger partial charge in [0.05, 0.1) is 0 Å². The fraction of sp³-hybridized carbons (Fsp3) is 0.154. The van der Waals surface area contributed by atoms with Gasteiger partial charge in [0.15, 0.2) is 0 Å². The number of nitrogens with zero attached hydrogens (tertiary/aromatic N) is 2. The monoisotopic (exact) mass is 340 g/mol. The fourth-order valence-corrected chi connectivity index (χ4v) is 2.21. The number of hydrogen-bond donors (Lipinski definition) is 0. The first-order chi connectivity index (χ1) is 8.20. The maximum absolute atomic E-state index is 5.65. The van der Waals surface area contributed by atoms with Crippen molar-refractivity contribution in [1.82, 2.24) is 9.78 Å². The first-order valence-electron chi connectivity index (χ1n) is 5.23. The summed E-state index contributed by atoms with van der Waals surface area (Å²) in [7, 11) is 1.87. The third-order valence-electron chi connectivity index (χ3n) is 2.43. The molecule has 0 atom stereocenters. The normalized spacial score (nSPS) is 10.2. The highest BCUT2D eigenvalue weighted by atomic mass is 127. The first kappa shape index (κ1) is 12.2. The summed E-state index contributed by atoms with van der Waals surface area (Å²) in [5, 5.41) is 4.18. The van der Waals surface area contributed by atoms with Crippen LogP contribution in [0, 0.1) is 3.57 Å². The molecule has 0 saturated carbocycles. The van der Waals surface area contributed by atoms with E-state index in [0.29, 0.717) is 12.5 Å². The highest BCUT2D eigenvalue weighted by molar-refractivity contribution is 14.1. The van der Waals surface area contributed by atoms with Crippen LogP contribution in [0.1, 0.15) is 11.1 Å². The fourth-order valence-electron chi connectivity index (χ4n) is 1.54. The molecule has 17 heavy (non-hydrogen) atoms. The molecule has 0 aliphatic heterocycles. The molecule has 0 amide bonds. The predicted octanol–water partition coefficient (Wildman–Crippen LogP) is 3.25. The number of rotatable bonds is 4. The lowest BCUT2D eigenvalue weighted by Gasteiger charge is -2.09. The minimum absolute atomic E-state index is 0.511. The van der Waals surface area contributed by atoms with E-state index in [4.69, 9.17) is 4.74 Å². The second-order valence-corrected chi connectivity index (χ2v) is 4.79. The minimum atomic E-state index is 0.511. The third kappa shape index (κ3) is 2.88. The van der Waals surface area contributed by atoms with Gasteiger partial charge in [0.1, 0.15) is 6.61 Å². The van der Waals surface area contributed by atoms with E-state index in [9.17, 15) is 0 Å². The van der Waals surface area contributed by atoms with E-state index in [2.05, 4.69) is 40.3 Å². The number of halogens is 1. The molecule has 2 rings (SSSR count). The summed E-state index contributed by atoms with van der Waals surface area (Å²) >= 11 is 2.30. The Kier molecular flexibility index (Phi) is 3.83. The molecule has 0 unspecified atom stereocenters. The van der Waals surface area contributed by atoms with Crippen LogP contribution >= 0.6 is 22.6 Å². The Morgan fingerprint density at radius 3 is 2.94 bits per heavy atom. The van der Waals surface area contributed by atoms with Crippen LogP contribution in [0.3, 0.4) is 0 Å². The first-order valence-corrected chi connectivity index (χ1v) is 6.31. The maximum Gasteiger partial charge on any atom is 0.233 e. The van der Waals surface area contributed by atoms with Crippen molar-refractivity contribution < 1.29 is 4.74 Å². The Bertz CT molecular complexity index is 534. The Morgan fingerprint density at radius 2 is 2.29 bits per heavy atom. The molecule has 0 fully saturated rings. The SMILES string of the molecule is C=Cc1cccc(I)c1COc1ccn(C)n1. The van der Waals surface area contributed by atoms with E-state index in [-0.39, 0.29) is 0 Å². The van der Waals surface area contributed by atoms with Crippen LogP contribution in [0.2, 0.25) is 0 Å². The Balaban J connectivity index is 2.16. The second kappa shape index (κ2) is 5.35.